The number of benzene rings is 2. The highest BCUT2D eigenvalue weighted by Gasteiger charge is 2.41. The molecule has 9 nitrogen and oxygen atoms in total. The van der Waals surface area contributed by atoms with E-state index in [0.29, 0.717) is 17.5 Å². The van der Waals surface area contributed by atoms with Gasteiger partial charge in [0.15, 0.2) is 0 Å². The summed E-state index contributed by atoms with van der Waals surface area (Å²) < 4.78 is 46.9. The fourth-order valence-electron chi connectivity index (χ4n) is 4.82. The van der Waals surface area contributed by atoms with Crippen molar-refractivity contribution in [2.45, 2.75) is 32.0 Å². The van der Waals surface area contributed by atoms with E-state index in [1.54, 1.807) is 25.1 Å². The molecule has 0 fully saturated rings. The first kappa shape index (κ1) is 27.7. The van der Waals surface area contributed by atoms with Gasteiger partial charge in [-0.1, -0.05) is 12.1 Å². The van der Waals surface area contributed by atoms with Gasteiger partial charge in [-0.15, -0.1) is 5.10 Å². The monoisotopic (exact) mass is 540 g/mol. The maximum absolute atomic E-state index is 13.5. The van der Waals surface area contributed by atoms with Gasteiger partial charge in [0.25, 0.3) is 0 Å². The number of halogens is 3. The van der Waals surface area contributed by atoms with Crippen LogP contribution in [-0.4, -0.2) is 53.4 Å². The molecule has 2 aromatic carbocycles. The largest absolute Gasteiger partial charge is 0.466 e. The number of nitriles is 1. The molecule has 0 saturated carbocycles. The Kier molecular flexibility index (Phi) is 7.65. The molecule has 0 aliphatic carbocycles. The van der Waals surface area contributed by atoms with Crippen LogP contribution in [0.1, 0.15) is 41.6 Å². The molecular formula is C27H27F3N6O3. The highest BCUT2D eigenvalue weighted by molar-refractivity contribution is 5.93. The lowest BCUT2D eigenvalue weighted by molar-refractivity contribution is -0.138. The van der Waals surface area contributed by atoms with E-state index in [4.69, 9.17) is 4.74 Å². The molecule has 1 N–H and O–H groups in total. The molecule has 0 amide bonds. The van der Waals surface area contributed by atoms with E-state index in [2.05, 4.69) is 16.3 Å². The summed E-state index contributed by atoms with van der Waals surface area (Å²) in [6, 6.07) is 10.7. The number of H-pyrrole nitrogens is 1. The van der Waals surface area contributed by atoms with E-state index in [-0.39, 0.29) is 22.9 Å². The number of esters is 1. The number of allylic oxidation sites excluding steroid dienone is 1. The third-order valence-electron chi connectivity index (χ3n) is 6.60. The molecule has 204 valence electrons. The summed E-state index contributed by atoms with van der Waals surface area (Å²) in [4.78, 5) is 29.8. The number of carbonyl (C=O) groups excluding carboxylic acids is 1. The second kappa shape index (κ2) is 10.8. The van der Waals surface area contributed by atoms with Crippen LogP contribution in [0.15, 0.2) is 58.5 Å². The smallest absolute Gasteiger partial charge is 0.416 e. The fraction of sp³-hybridized carbons (Fsp3) is 0.333. The third-order valence-corrected chi connectivity index (χ3v) is 6.60. The highest BCUT2D eigenvalue weighted by atomic mass is 19.4. The number of carbonyl (C=O) groups is 1. The second-order valence-corrected chi connectivity index (χ2v) is 9.41. The number of aromatic amines is 1. The summed E-state index contributed by atoms with van der Waals surface area (Å²) in [5, 5.41) is 16.0. The topological polar surface area (TPSA) is 107 Å². The van der Waals surface area contributed by atoms with E-state index in [0.717, 1.165) is 30.7 Å². The van der Waals surface area contributed by atoms with E-state index in [1.807, 2.05) is 19.0 Å². The predicted octanol–water partition coefficient (Wildman–Crippen LogP) is 4.14. The van der Waals surface area contributed by atoms with E-state index in [9.17, 15) is 28.0 Å². The van der Waals surface area contributed by atoms with Gasteiger partial charge in [0, 0.05) is 11.4 Å². The molecule has 4 rings (SSSR count). The Hall–Kier alpha value is -4.37. The van der Waals surface area contributed by atoms with Gasteiger partial charge in [0.1, 0.15) is 6.04 Å². The minimum absolute atomic E-state index is 0.0121. The summed E-state index contributed by atoms with van der Waals surface area (Å²) in [7, 11) is 5.07. The van der Waals surface area contributed by atoms with Crippen molar-refractivity contribution in [3.63, 3.8) is 0 Å². The number of aromatic nitrogens is 3. The zero-order valence-corrected chi connectivity index (χ0v) is 21.8. The predicted molar refractivity (Wildman–Crippen MR) is 137 cm³/mol. The van der Waals surface area contributed by atoms with Crippen LogP contribution in [0, 0.1) is 11.3 Å². The normalized spacial score (nSPS) is 15.4. The van der Waals surface area contributed by atoms with Crippen molar-refractivity contribution in [1.29, 1.82) is 5.26 Å². The second-order valence-electron chi connectivity index (χ2n) is 9.41. The Morgan fingerprint density at radius 2 is 1.97 bits per heavy atom. The van der Waals surface area contributed by atoms with Crippen LogP contribution in [-0.2, 0) is 22.1 Å². The van der Waals surface area contributed by atoms with Crippen LogP contribution in [0.4, 0.5) is 24.8 Å². The Morgan fingerprint density at radius 3 is 2.62 bits per heavy atom. The van der Waals surface area contributed by atoms with Crippen LogP contribution in [0.3, 0.4) is 0 Å². The van der Waals surface area contributed by atoms with Crippen molar-refractivity contribution in [2.75, 3.05) is 32.6 Å². The zero-order valence-electron chi connectivity index (χ0n) is 21.8. The first-order valence-electron chi connectivity index (χ1n) is 12.1. The van der Waals surface area contributed by atoms with Crippen molar-refractivity contribution in [3.8, 4) is 6.07 Å². The van der Waals surface area contributed by atoms with Crippen LogP contribution in [0.2, 0.25) is 0 Å². The number of ether oxygens (including phenoxy) is 1. The number of nitrogens with one attached hydrogen (secondary N) is 1. The molecule has 1 aliphatic heterocycles. The molecule has 0 radical (unpaired) electrons. The van der Waals surface area contributed by atoms with Gasteiger partial charge in [0.05, 0.1) is 29.9 Å². The van der Waals surface area contributed by atoms with Crippen LogP contribution in [0.5, 0.6) is 0 Å². The molecule has 2 heterocycles. The van der Waals surface area contributed by atoms with Gasteiger partial charge in [-0.05, 0) is 81.9 Å². The van der Waals surface area contributed by atoms with E-state index >= 15 is 0 Å². The number of aryl methyl sites for hydroxylation is 1. The van der Waals surface area contributed by atoms with Crippen molar-refractivity contribution in [3.05, 3.63) is 86.5 Å². The lowest BCUT2D eigenvalue weighted by Gasteiger charge is -2.36. The molecule has 1 aliphatic rings. The molecule has 3 aromatic rings. The van der Waals surface area contributed by atoms with E-state index < -0.39 is 29.4 Å². The van der Waals surface area contributed by atoms with Crippen molar-refractivity contribution >= 4 is 17.6 Å². The summed E-state index contributed by atoms with van der Waals surface area (Å²) in [6.45, 7) is 2.33. The summed E-state index contributed by atoms with van der Waals surface area (Å²) >= 11 is 0. The van der Waals surface area contributed by atoms with Crippen molar-refractivity contribution in [1.82, 2.24) is 19.7 Å². The van der Waals surface area contributed by atoms with Gasteiger partial charge < -0.3 is 9.64 Å². The molecular weight excluding hydrogens is 513 g/mol. The zero-order chi connectivity index (χ0) is 28.5. The lowest BCUT2D eigenvalue weighted by Crippen LogP contribution is -2.38. The number of fused-ring (bicyclic) bond motifs is 1. The SMILES string of the molecule is COC(=O)C1=C(C)N(c2cccc(C(F)(F)F)c2)c2n[nH]c(=O)n2C1c1ccc(C#N)cc1CCCN(C)C. The molecule has 12 heteroatoms. The Labute approximate surface area is 222 Å². The van der Waals surface area contributed by atoms with Gasteiger partial charge in [-0.25, -0.2) is 19.3 Å². The van der Waals surface area contributed by atoms with Crippen molar-refractivity contribution < 1.29 is 22.7 Å². The molecule has 1 atom stereocenters. The lowest BCUT2D eigenvalue weighted by atomic mass is 9.88. The minimum atomic E-state index is -4.60. The Bertz CT molecular complexity index is 1530. The average Bonchev–Trinajstić information content (AvgIpc) is 3.27. The van der Waals surface area contributed by atoms with E-state index in [1.165, 1.54) is 28.7 Å². The van der Waals surface area contributed by atoms with Crippen LogP contribution in [0.25, 0.3) is 0 Å². The summed E-state index contributed by atoms with van der Waals surface area (Å²) in [6.07, 6.45) is -3.32. The fourth-order valence-corrected chi connectivity index (χ4v) is 4.82. The number of methoxy groups -OCH3 is 1. The number of anilines is 2. The van der Waals surface area contributed by atoms with Gasteiger partial charge in [-0.2, -0.15) is 18.4 Å². The Balaban J connectivity index is 1.97. The molecule has 1 aromatic heterocycles. The molecule has 0 bridgehead atoms. The molecule has 0 saturated heterocycles. The summed E-state index contributed by atoms with van der Waals surface area (Å²) in [5.74, 6) is -0.741. The highest BCUT2D eigenvalue weighted by Crippen LogP contribution is 2.43. The van der Waals surface area contributed by atoms with Crippen LogP contribution < -0.4 is 10.6 Å². The van der Waals surface area contributed by atoms with Crippen LogP contribution >= 0.6 is 0 Å². The van der Waals surface area contributed by atoms with Gasteiger partial charge >= 0.3 is 17.8 Å². The first-order valence-corrected chi connectivity index (χ1v) is 12.1. The number of nitrogens with zero attached hydrogens (tertiary/aromatic N) is 5. The van der Waals surface area contributed by atoms with Crippen molar-refractivity contribution in [2.24, 2.45) is 0 Å². The number of rotatable bonds is 7. The van der Waals surface area contributed by atoms with Gasteiger partial charge in [0.2, 0.25) is 5.95 Å². The summed E-state index contributed by atoms with van der Waals surface area (Å²) in [5.41, 5.74) is 0.570. The number of hydrogen-bond acceptors (Lipinski definition) is 7. The standard InChI is InChI=1S/C27H27F3N6O3/c1-16-22(24(37)39-4)23(21-11-10-17(15-31)13-18(21)7-6-12-34(2)3)36-25(32-33-26(36)38)35(16)20-9-5-8-19(14-20)27(28,29)30/h5,8-11,13-14,23H,6-7,12H2,1-4H3,(H,33,38). The quantitative estimate of drug-likeness (QED) is 0.449. The molecule has 1 unspecified atom stereocenters. The number of alkyl halides is 3. The Morgan fingerprint density at radius 1 is 1.23 bits per heavy atom. The maximum atomic E-state index is 13.5. The number of hydrogen-bond donors (Lipinski definition) is 1. The maximum Gasteiger partial charge on any atom is 0.416 e. The average molecular weight is 541 g/mol. The third kappa shape index (κ3) is 5.31. The molecule has 39 heavy (non-hydrogen) atoms. The first-order chi connectivity index (χ1) is 18.5. The molecule has 0 spiro atoms. The van der Waals surface area contributed by atoms with Gasteiger partial charge in [-0.3, -0.25) is 4.90 Å². The minimum Gasteiger partial charge on any atom is -0.466 e.